The van der Waals surface area contributed by atoms with E-state index in [1.807, 2.05) is 6.07 Å². The lowest BCUT2D eigenvalue weighted by Crippen LogP contribution is -2.51. The standard InChI is InChI=1S/C24H26N2O6/c1-26(2)19-13-8-10-7-12-11(9-3-4-9)5-6-14(27)16(12)20(28)15(10)21(29)17(13)22(30)18(23(19)31)24(25)32/h5-6,9-10,13,19,27-30H,3-4,7-8H2,1-2H3,(H2,25,32)/t10-,13+,19+/m0/s1. The fraction of sp³-hybridized carbons (Fsp3) is 0.417. The summed E-state index contributed by atoms with van der Waals surface area (Å²) in [4.78, 5) is 26.6. The monoisotopic (exact) mass is 438 g/mol. The number of nitrogens with two attached hydrogens (primary N) is 1. The summed E-state index contributed by atoms with van der Waals surface area (Å²) in [6, 6.07) is 2.67. The molecule has 6 N–H and O–H groups in total. The molecule has 1 aromatic carbocycles. The molecule has 168 valence electrons. The Morgan fingerprint density at radius 3 is 2.28 bits per heavy atom. The number of fused-ring (bicyclic) bond motifs is 3. The van der Waals surface area contributed by atoms with Gasteiger partial charge in [0.05, 0.1) is 11.6 Å². The Balaban J connectivity index is 1.76. The van der Waals surface area contributed by atoms with Gasteiger partial charge < -0.3 is 26.2 Å². The van der Waals surface area contributed by atoms with E-state index in [9.17, 15) is 30.0 Å². The maximum atomic E-state index is 13.0. The summed E-state index contributed by atoms with van der Waals surface area (Å²) in [6.07, 6.45) is 2.98. The van der Waals surface area contributed by atoms with Crippen LogP contribution >= 0.6 is 0 Å². The summed E-state index contributed by atoms with van der Waals surface area (Å²) in [5.41, 5.74) is 7.36. The first-order chi connectivity index (χ1) is 15.1. The van der Waals surface area contributed by atoms with Crippen molar-refractivity contribution in [1.29, 1.82) is 0 Å². The van der Waals surface area contributed by atoms with Crippen LogP contribution in [0.2, 0.25) is 0 Å². The second-order valence-corrected chi connectivity index (χ2v) is 9.43. The molecule has 0 aliphatic heterocycles. The van der Waals surface area contributed by atoms with Crippen LogP contribution in [-0.4, -0.2) is 57.2 Å². The van der Waals surface area contributed by atoms with Gasteiger partial charge in [0.1, 0.15) is 28.6 Å². The molecule has 1 fully saturated rings. The number of primary amides is 1. The number of phenols is 1. The lowest BCUT2D eigenvalue weighted by molar-refractivity contribution is -0.125. The van der Waals surface area contributed by atoms with Gasteiger partial charge in [0.15, 0.2) is 5.78 Å². The molecule has 0 bridgehead atoms. The maximum Gasteiger partial charge on any atom is 0.256 e. The number of aromatic hydroxyl groups is 1. The van der Waals surface area contributed by atoms with E-state index < -0.39 is 35.0 Å². The van der Waals surface area contributed by atoms with Gasteiger partial charge in [-0.25, -0.2) is 0 Å². The van der Waals surface area contributed by atoms with Gasteiger partial charge >= 0.3 is 0 Å². The highest BCUT2D eigenvalue weighted by molar-refractivity contribution is 6.22. The summed E-state index contributed by atoms with van der Waals surface area (Å²) in [7, 11) is 3.39. The van der Waals surface area contributed by atoms with E-state index in [0.717, 1.165) is 24.0 Å². The number of benzene rings is 1. The van der Waals surface area contributed by atoms with Crippen LogP contribution in [0, 0.1) is 11.8 Å². The molecule has 4 aliphatic rings. The Labute approximate surface area is 185 Å². The number of hydrogen-bond donors (Lipinski definition) is 5. The third-order valence-electron chi connectivity index (χ3n) is 7.31. The van der Waals surface area contributed by atoms with Gasteiger partial charge in [-0.2, -0.15) is 0 Å². The van der Waals surface area contributed by atoms with Crippen LogP contribution in [0.5, 0.6) is 5.75 Å². The molecular weight excluding hydrogens is 412 g/mol. The number of carbonyl (C=O) groups is 2. The zero-order valence-corrected chi connectivity index (χ0v) is 17.9. The molecule has 0 radical (unpaired) electrons. The highest BCUT2D eigenvalue weighted by atomic mass is 16.3. The second kappa shape index (κ2) is 6.87. The number of aliphatic hydroxyl groups excluding tert-OH is 3. The molecule has 8 nitrogen and oxygen atoms in total. The fourth-order valence-corrected chi connectivity index (χ4v) is 5.83. The van der Waals surface area contributed by atoms with E-state index in [0.29, 0.717) is 24.3 Å². The second-order valence-electron chi connectivity index (χ2n) is 9.43. The van der Waals surface area contributed by atoms with Gasteiger partial charge in [-0.1, -0.05) is 6.07 Å². The van der Waals surface area contributed by atoms with Gasteiger partial charge in [-0.15, -0.1) is 0 Å². The van der Waals surface area contributed by atoms with Crippen LogP contribution in [0.15, 0.2) is 40.4 Å². The fourth-order valence-electron chi connectivity index (χ4n) is 5.83. The van der Waals surface area contributed by atoms with Crippen molar-refractivity contribution < 1.29 is 30.0 Å². The van der Waals surface area contributed by atoms with E-state index in [-0.39, 0.29) is 34.3 Å². The Hall–Kier alpha value is -3.26. The minimum Gasteiger partial charge on any atom is -0.507 e. The molecule has 0 saturated heterocycles. The number of Topliss-reactive ketones (excluding diaryl/α,β-unsaturated/α-hetero) is 1. The normalized spacial score (nSPS) is 27.5. The molecule has 0 aromatic heterocycles. The summed E-state index contributed by atoms with van der Waals surface area (Å²) >= 11 is 0. The maximum absolute atomic E-state index is 13.0. The minimum absolute atomic E-state index is 0.0381. The highest BCUT2D eigenvalue weighted by Gasteiger charge is 2.51. The van der Waals surface area contributed by atoms with Crippen LogP contribution in [-0.2, 0) is 16.0 Å². The molecule has 0 heterocycles. The number of amides is 1. The number of nitrogens with zero attached hydrogens (tertiary/aromatic N) is 1. The van der Waals surface area contributed by atoms with Crippen molar-refractivity contribution in [1.82, 2.24) is 4.90 Å². The average Bonchev–Trinajstić information content (AvgIpc) is 3.52. The Morgan fingerprint density at radius 2 is 1.69 bits per heavy atom. The van der Waals surface area contributed by atoms with E-state index in [4.69, 9.17) is 5.73 Å². The van der Waals surface area contributed by atoms with Gasteiger partial charge in [-0.3, -0.25) is 14.5 Å². The van der Waals surface area contributed by atoms with Crippen molar-refractivity contribution in [2.45, 2.75) is 37.6 Å². The largest absolute Gasteiger partial charge is 0.507 e. The predicted octanol–water partition coefficient (Wildman–Crippen LogP) is 2.35. The number of likely N-dealkylation sites (N-methyl/N-ethyl adjacent to an activating group) is 1. The number of ketones is 1. The molecule has 0 spiro atoms. The van der Waals surface area contributed by atoms with Crippen molar-refractivity contribution in [3.63, 3.8) is 0 Å². The van der Waals surface area contributed by atoms with Gasteiger partial charge in [0.2, 0.25) is 0 Å². The topological polar surface area (TPSA) is 144 Å². The zero-order chi connectivity index (χ0) is 23.1. The Morgan fingerprint density at radius 1 is 1.00 bits per heavy atom. The van der Waals surface area contributed by atoms with Crippen LogP contribution in [0.4, 0.5) is 0 Å². The molecule has 8 heteroatoms. The molecule has 1 aromatic rings. The lowest BCUT2D eigenvalue weighted by atomic mass is 9.64. The average molecular weight is 438 g/mol. The number of rotatable bonds is 3. The molecule has 3 atom stereocenters. The van der Waals surface area contributed by atoms with Gasteiger partial charge in [0.25, 0.3) is 5.91 Å². The molecule has 4 aliphatic carbocycles. The van der Waals surface area contributed by atoms with Crippen molar-refractivity contribution in [3.8, 4) is 5.75 Å². The summed E-state index contributed by atoms with van der Waals surface area (Å²) in [6.45, 7) is 0. The SMILES string of the molecule is CN(C)[C@H]1C(=O)C(C(N)=O)=C(O)C2=C(O)C3=C(O)c4c(O)ccc(C5CC5)c4C[C@H]3C[C@H]21. The van der Waals surface area contributed by atoms with Gasteiger partial charge in [-0.05, 0) is 68.8 Å². The first-order valence-electron chi connectivity index (χ1n) is 10.8. The van der Waals surface area contributed by atoms with E-state index in [1.54, 1.807) is 25.1 Å². The quantitative estimate of drug-likeness (QED) is 0.456. The van der Waals surface area contributed by atoms with Crippen molar-refractivity contribution in [2.24, 2.45) is 17.6 Å². The number of phenolic OH excluding ortho intramolecular Hbond substituents is 1. The van der Waals surface area contributed by atoms with Crippen LogP contribution in [0.3, 0.4) is 0 Å². The molecular formula is C24H26N2O6. The zero-order valence-electron chi connectivity index (χ0n) is 17.9. The number of hydrogen-bond acceptors (Lipinski definition) is 7. The molecule has 1 amide bonds. The van der Waals surface area contributed by atoms with Crippen LogP contribution in [0.25, 0.3) is 5.76 Å². The van der Waals surface area contributed by atoms with Crippen LogP contribution < -0.4 is 5.73 Å². The van der Waals surface area contributed by atoms with E-state index in [1.165, 1.54) is 0 Å². The number of aliphatic hydroxyl groups is 3. The number of allylic oxidation sites excluding steroid dienone is 2. The van der Waals surface area contributed by atoms with Crippen molar-refractivity contribution in [2.75, 3.05) is 14.1 Å². The Kier molecular flexibility index (Phi) is 4.43. The summed E-state index contributed by atoms with van der Waals surface area (Å²) < 4.78 is 0. The van der Waals surface area contributed by atoms with Crippen molar-refractivity contribution in [3.05, 3.63) is 57.1 Å². The first kappa shape index (κ1) is 20.6. The third-order valence-corrected chi connectivity index (χ3v) is 7.31. The smallest absolute Gasteiger partial charge is 0.256 e. The molecule has 32 heavy (non-hydrogen) atoms. The predicted molar refractivity (Wildman–Crippen MR) is 116 cm³/mol. The Bertz CT molecular complexity index is 1170. The first-order valence-corrected chi connectivity index (χ1v) is 10.8. The van der Waals surface area contributed by atoms with Crippen molar-refractivity contribution >= 4 is 17.4 Å². The molecule has 1 saturated carbocycles. The summed E-state index contributed by atoms with van der Waals surface area (Å²) in [5.74, 6) is -3.44. The molecule has 0 unspecified atom stereocenters. The highest BCUT2D eigenvalue weighted by Crippen LogP contribution is 2.54. The molecule has 5 rings (SSSR count). The minimum atomic E-state index is -1.07. The third kappa shape index (κ3) is 2.72. The lowest BCUT2D eigenvalue weighted by Gasteiger charge is -2.43. The summed E-state index contributed by atoms with van der Waals surface area (Å²) in [5, 5.41) is 43.7. The number of carbonyl (C=O) groups excluding carboxylic acids is 2. The van der Waals surface area contributed by atoms with Crippen LogP contribution in [0.1, 0.15) is 41.9 Å². The van der Waals surface area contributed by atoms with E-state index in [2.05, 4.69) is 0 Å². The van der Waals surface area contributed by atoms with Gasteiger partial charge in [0, 0.05) is 17.1 Å². The van der Waals surface area contributed by atoms with E-state index >= 15 is 0 Å².